The fraction of sp³-hybridized carbons (Fsp3) is 0.643. The lowest BCUT2D eigenvalue weighted by molar-refractivity contribution is 0.529. The molecule has 2 heterocycles. The van der Waals surface area contributed by atoms with Crippen LogP contribution in [-0.2, 0) is 0 Å². The third-order valence-electron chi connectivity index (χ3n) is 3.60. The molecule has 2 N–H and O–H groups in total. The molecule has 1 saturated heterocycles. The summed E-state index contributed by atoms with van der Waals surface area (Å²) in [6.07, 6.45) is 5.85. The molecule has 0 amide bonds. The highest BCUT2D eigenvalue weighted by Gasteiger charge is 2.22. The lowest BCUT2D eigenvalue weighted by Crippen LogP contribution is -2.21. The normalized spacial score (nSPS) is 21.8. The van der Waals surface area contributed by atoms with Gasteiger partial charge < -0.3 is 10.6 Å². The first-order valence-corrected chi connectivity index (χ1v) is 6.67. The maximum absolute atomic E-state index is 5.83. The zero-order valence-corrected chi connectivity index (χ0v) is 10.9. The first kappa shape index (κ1) is 12.4. The number of nitrogens with two attached hydrogens (primary N) is 1. The van der Waals surface area contributed by atoms with Crippen LogP contribution < -0.4 is 10.6 Å². The molecule has 3 nitrogen and oxygen atoms in total. The Bertz CT molecular complexity index is 345. The van der Waals surface area contributed by atoms with E-state index >= 15 is 0 Å². The van der Waals surface area contributed by atoms with Gasteiger partial charge in [0, 0.05) is 25.3 Å². The van der Waals surface area contributed by atoms with Crippen LogP contribution in [0.3, 0.4) is 0 Å². The second-order valence-electron chi connectivity index (χ2n) is 5.13. The SMILES string of the molecule is CCCC1CCN(c2ccc([C@@H](C)N)cn2)C1. The van der Waals surface area contributed by atoms with Crippen molar-refractivity contribution in [1.29, 1.82) is 0 Å². The van der Waals surface area contributed by atoms with Gasteiger partial charge in [-0.1, -0.05) is 19.4 Å². The molecule has 0 saturated carbocycles. The predicted octanol–water partition coefficient (Wildman–Crippen LogP) is 2.73. The molecule has 94 valence electrons. The van der Waals surface area contributed by atoms with Gasteiger partial charge >= 0.3 is 0 Å². The Morgan fingerprint density at radius 2 is 2.35 bits per heavy atom. The Hall–Kier alpha value is -1.09. The Kier molecular flexibility index (Phi) is 4.00. The summed E-state index contributed by atoms with van der Waals surface area (Å²) >= 11 is 0. The summed E-state index contributed by atoms with van der Waals surface area (Å²) in [5.41, 5.74) is 6.93. The molecule has 2 atom stereocenters. The van der Waals surface area contributed by atoms with E-state index in [9.17, 15) is 0 Å². The lowest BCUT2D eigenvalue weighted by Gasteiger charge is -2.18. The summed E-state index contributed by atoms with van der Waals surface area (Å²) in [6.45, 7) is 6.57. The van der Waals surface area contributed by atoms with Gasteiger partial charge in [0.15, 0.2) is 0 Å². The van der Waals surface area contributed by atoms with Crippen LogP contribution in [-0.4, -0.2) is 18.1 Å². The summed E-state index contributed by atoms with van der Waals surface area (Å²) in [7, 11) is 0. The fourth-order valence-corrected chi connectivity index (χ4v) is 2.54. The van der Waals surface area contributed by atoms with Crippen molar-refractivity contribution in [2.75, 3.05) is 18.0 Å². The molecule has 0 aliphatic carbocycles. The molecule has 0 radical (unpaired) electrons. The maximum atomic E-state index is 5.83. The van der Waals surface area contributed by atoms with Crippen molar-refractivity contribution in [3.05, 3.63) is 23.9 Å². The molecule has 0 aromatic carbocycles. The third-order valence-corrected chi connectivity index (χ3v) is 3.60. The van der Waals surface area contributed by atoms with Crippen molar-refractivity contribution in [3.63, 3.8) is 0 Å². The first-order valence-electron chi connectivity index (χ1n) is 6.67. The molecule has 1 aliphatic rings. The van der Waals surface area contributed by atoms with Gasteiger partial charge in [0.2, 0.25) is 0 Å². The zero-order chi connectivity index (χ0) is 12.3. The van der Waals surface area contributed by atoms with Gasteiger partial charge in [-0.25, -0.2) is 4.98 Å². The Labute approximate surface area is 104 Å². The van der Waals surface area contributed by atoms with Gasteiger partial charge in [-0.15, -0.1) is 0 Å². The molecule has 17 heavy (non-hydrogen) atoms. The molecule has 1 aromatic heterocycles. The number of nitrogens with zero attached hydrogens (tertiary/aromatic N) is 2. The van der Waals surface area contributed by atoms with Gasteiger partial charge in [0.1, 0.15) is 5.82 Å². The number of hydrogen-bond donors (Lipinski definition) is 1. The van der Waals surface area contributed by atoms with Gasteiger partial charge in [-0.3, -0.25) is 0 Å². The second kappa shape index (κ2) is 5.50. The van der Waals surface area contributed by atoms with Crippen molar-refractivity contribution in [2.45, 2.75) is 39.2 Å². The molecular weight excluding hydrogens is 210 g/mol. The van der Waals surface area contributed by atoms with Gasteiger partial charge in [-0.2, -0.15) is 0 Å². The minimum Gasteiger partial charge on any atom is -0.356 e. The number of rotatable bonds is 4. The van der Waals surface area contributed by atoms with Crippen LogP contribution in [0.4, 0.5) is 5.82 Å². The summed E-state index contributed by atoms with van der Waals surface area (Å²) in [4.78, 5) is 6.92. The second-order valence-corrected chi connectivity index (χ2v) is 5.13. The molecule has 0 bridgehead atoms. The van der Waals surface area contributed by atoms with Crippen molar-refractivity contribution >= 4 is 5.82 Å². The van der Waals surface area contributed by atoms with Crippen LogP contribution in [0, 0.1) is 5.92 Å². The van der Waals surface area contributed by atoms with Crippen molar-refractivity contribution < 1.29 is 0 Å². The number of aromatic nitrogens is 1. The van der Waals surface area contributed by atoms with E-state index in [2.05, 4.69) is 28.9 Å². The molecule has 0 spiro atoms. The number of anilines is 1. The average Bonchev–Trinajstić information content (AvgIpc) is 2.78. The van der Waals surface area contributed by atoms with E-state index in [1.165, 1.54) is 25.8 Å². The van der Waals surface area contributed by atoms with Gasteiger partial charge in [-0.05, 0) is 37.3 Å². The summed E-state index contributed by atoms with van der Waals surface area (Å²) in [5.74, 6) is 1.96. The molecule has 2 rings (SSSR count). The van der Waals surface area contributed by atoms with E-state index in [1.807, 2.05) is 13.1 Å². The van der Waals surface area contributed by atoms with Crippen LogP contribution in [0.15, 0.2) is 18.3 Å². The Balaban J connectivity index is 1.99. The third kappa shape index (κ3) is 2.97. The van der Waals surface area contributed by atoms with Crippen LogP contribution in [0.25, 0.3) is 0 Å². The molecule has 1 fully saturated rings. The quantitative estimate of drug-likeness (QED) is 0.869. The maximum Gasteiger partial charge on any atom is 0.128 e. The predicted molar refractivity (Wildman–Crippen MR) is 72.1 cm³/mol. The number of hydrogen-bond acceptors (Lipinski definition) is 3. The van der Waals surface area contributed by atoms with Crippen molar-refractivity contribution in [1.82, 2.24) is 4.98 Å². The van der Waals surface area contributed by atoms with Crippen molar-refractivity contribution in [2.24, 2.45) is 11.7 Å². The standard InChI is InChI=1S/C14H23N3/c1-3-4-12-7-8-17(10-12)14-6-5-13(9-16-14)11(2)15/h5-6,9,11-12H,3-4,7-8,10,15H2,1-2H3/t11-,12?/m1/s1. The molecule has 1 aromatic rings. The molecular formula is C14H23N3. The molecule has 1 unspecified atom stereocenters. The van der Waals surface area contributed by atoms with E-state index in [-0.39, 0.29) is 6.04 Å². The highest BCUT2D eigenvalue weighted by Crippen LogP contribution is 2.25. The lowest BCUT2D eigenvalue weighted by atomic mass is 10.0. The monoisotopic (exact) mass is 233 g/mol. The van der Waals surface area contributed by atoms with Gasteiger partial charge in [0.05, 0.1) is 0 Å². The van der Waals surface area contributed by atoms with Crippen molar-refractivity contribution in [3.8, 4) is 0 Å². The highest BCUT2D eigenvalue weighted by molar-refractivity contribution is 5.40. The minimum absolute atomic E-state index is 0.0722. The largest absolute Gasteiger partial charge is 0.356 e. The van der Waals surface area contributed by atoms with Crippen LogP contribution in [0.5, 0.6) is 0 Å². The van der Waals surface area contributed by atoms with E-state index in [0.717, 1.165) is 23.8 Å². The fourth-order valence-electron chi connectivity index (χ4n) is 2.54. The van der Waals surface area contributed by atoms with E-state index < -0.39 is 0 Å². The topological polar surface area (TPSA) is 42.1 Å². The number of pyridine rings is 1. The van der Waals surface area contributed by atoms with E-state index in [1.54, 1.807) is 0 Å². The smallest absolute Gasteiger partial charge is 0.128 e. The van der Waals surface area contributed by atoms with E-state index in [4.69, 9.17) is 5.73 Å². The van der Waals surface area contributed by atoms with Crippen LogP contribution in [0.1, 0.15) is 44.7 Å². The zero-order valence-electron chi connectivity index (χ0n) is 10.9. The summed E-state index contributed by atoms with van der Waals surface area (Å²) in [5, 5.41) is 0. The van der Waals surface area contributed by atoms with E-state index in [0.29, 0.717) is 0 Å². The highest BCUT2D eigenvalue weighted by atomic mass is 15.2. The molecule has 1 aliphatic heterocycles. The van der Waals surface area contributed by atoms with Crippen LogP contribution in [0.2, 0.25) is 0 Å². The Morgan fingerprint density at radius 1 is 1.53 bits per heavy atom. The minimum atomic E-state index is 0.0722. The Morgan fingerprint density at radius 3 is 2.94 bits per heavy atom. The molecule has 3 heteroatoms. The van der Waals surface area contributed by atoms with Crippen LogP contribution >= 0.6 is 0 Å². The first-order chi connectivity index (χ1) is 8.20. The summed E-state index contributed by atoms with van der Waals surface area (Å²) in [6, 6.07) is 4.27. The summed E-state index contributed by atoms with van der Waals surface area (Å²) < 4.78 is 0. The van der Waals surface area contributed by atoms with Gasteiger partial charge in [0.25, 0.3) is 0 Å². The average molecular weight is 233 g/mol.